The maximum Gasteiger partial charge on any atom is 0.405 e. The van der Waals surface area contributed by atoms with Crippen LogP contribution >= 0.6 is 0 Å². The first-order valence-corrected chi connectivity index (χ1v) is 5.49. The first-order valence-electron chi connectivity index (χ1n) is 5.49. The molecule has 0 unspecified atom stereocenters. The molecular formula is C10H16F3N5. The summed E-state index contributed by atoms with van der Waals surface area (Å²) in [4.78, 5) is 8.81. The maximum absolute atomic E-state index is 12.5. The molecule has 1 aromatic rings. The number of nitrogens with two attached hydrogens (primary N) is 1. The van der Waals surface area contributed by atoms with Gasteiger partial charge in [-0.15, -0.1) is 0 Å². The first kappa shape index (κ1) is 14.3. The SMILES string of the molecule is CCCN(CC(F)(F)F)c1cc(NC)nc(N)n1. The minimum absolute atomic E-state index is 0.0554. The van der Waals surface area contributed by atoms with Gasteiger partial charge in [0, 0.05) is 19.7 Å². The minimum Gasteiger partial charge on any atom is -0.373 e. The monoisotopic (exact) mass is 263 g/mol. The molecule has 0 saturated heterocycles. The lowest BCUT2D eigenvalue weighted by Crippen LogP contribution is -2.35. The summed E-state index contributed by atoms with van der Waals surface area (Å²) in [5.74, 6) is 0.506. The average Bonchev–Trinajstić information content (AvgIpc) is 2.26. The van der Waals surface area contributed by atoms with Crippen LogP contribution in [0.3, 0.4) is 0 Å². The second-order valence-corrected chi connectivity index (χ2v) is 3.76. The molecule has 0 fully saturated rings. The zero-order chi connectivity index (χ0) is 13.8. The zero-order valence-electron chi connectivity index (χ0n) is 10.3. The second kappa shape index (κ2) is 5.74. The molecule has 0 aliphatic heterocycles. The summed E-state index contributed by atoms with van der Waals surface area (Å²) >= 11 is 0. The molecule has 0 radical (unpaired) electrons. The number of hydrogen-bond acceptors (Lipinski definition) is 5. The van der Waals surface area contributed by atoms with Gasteiger partial charge >= 0.3 is 6.18 Å². The van der Waals surface area contributed by atoms with E-state index < -0.39 is 12.7 Å². The maximum atomic E-state index is 12.5. The molecule has 5 nitrogen and oxygen atoms in total. The Morgan fingerprint density at radius 2 is 2.06 bits per heavy atom. The van der Waals surface area contributed by atoms with Crippen LogP contribution in [0.15, 0.2) is 6.07 Å². The highest BCUT2D eigenvalue weighted by atomic mass is 19.4. The molecule has 1 aromatic heterocycles. The number of anilines is 3. The van der Waals surface area contributed by atoms with E-state index in [9.17, 15) is 13.2 Å². The van der Waals surface area contributed by atoms with Gasteiger partial charge in [0.05, 0.1) is 0 Å². The highest BCUT2D eigenvalue weighted by Gasteiger charge is 2.31. The number of halogens is 3. The average molecular weight is 263 g/mol. The van der Waals surface area contributed by atoms with Gasteiger partial charge in [0.15, 0.2) is 0 Å². The van der Waals surface area contributed by atoms with Crippen LogP contribution in [0.25, 0.3) is 0 Å². The third kappa shape index (κ3) is 4.27. The molecule has 3 N–H and O–H groups in total. The number of hydrogen-bond donors (Lipinski definition) is 2. The number of nitrogens with one attached hydrogen (secondary N) is 1. The molecule has 0 atom stereocenters. The zero-order valence-corrected chi connectivity index (χ0v) is 10.3. The van der Waals surface area contributed by atoms with Crippen molar-refractivity contribution < 1.29 is 13.2 Å². The van der Waals surface area contributed by atoms with Crippen molar-refractivity contribution in [3.05, 3.63) is 6.07 Å². The van der Waals surface area contributed by atoms with Crippen LogP contribution in [0.5, 0.6) is 0 Å². The quantitative estimate of drug-likeness (QED) is 0.849. The molecule has 18 heavy (non-hydrogen) atoms. The van der Waals surface area contributed by atoms with E-state index in [-0.39, 0.29) is 18.3 Å². The molecule has 0 aliphatic carbocycles. The van der Waals surface area contributed by atoms with Crippen molar-refractivity contribution in [1.82, 2.24) is 9.97 Å². The number of rotatable bonds is 5. The second-order valence-electron chi connectivity index (χ2n) is 3.76. The van der Waals surface area contributed by atoms with E-state index in [4.69, 9.17) is 5.73 Å². The Hall–Kier alpha value is -1.73. The lowest BCUT2D eigenvalue weighted by Gasteiger charge is -2.24. The molecule has 8 heteroatoms. The van der Waals surface area contributed by atoms with Crippen molar-refractivity contribution in [2.45, 2.75) is 19.5 Å². The van der Waals surface area contributed by atoms with Gasteiger partial charge in [-0.05, 0) is 6.42 Å². The third-order valence-electron chi connectivity index (χ3n) is 2.17. The van der Waals surface area contributed by atoms with Crippen LogP contribution in [0.1, 0.15) is 13.3 Å². The van der Waals surface area contributed by atoms with E-state index in [1.54, 1.807) is 14.0 Å². The molecule has 102 valence electrons. The van der Waals surface area contributed by atoms with Crippen LogP contribution in [0, 0.1) is 0 Å². The lowest BCUT2D eigenvalue weighted by atomic mass is 10.3. The van der Waals surface area contributed by atoms with Crippen molar-refractivity contribution in [3.8, 4) is 0 Å². The summed E-state index contributed by atoms with van der Waals surface area (Å²) < 4.78 is 37.4. The largest absolute Gasteiger partial charge is 0.405 e. The number of aromatic nitrogens is 2. The standard InChI is InChI=1S/C10H16F3N5/c1-3-4-18(6-10(11,12)13)8-5-7(15-2)16-9(14)17-8/h5H,3-4,6H2,1-2H3,(H3,14,15,16,17). The van der Waals surface area contributed by atoms with Gasteiger partial charge in [0.25, 0.3) is 0 Å². The Labute approximate surface area is 103 Å². The van der Waals surface area contributed by atoms with Crippen molar-refractivity contribution in [1.29, 1.82) is 0 Å². The molecular weight excluding hydrogens is 247 g/mol. The Kier molecular flexibility index (Phi) is 4.57. The van der Waals surface area contributed by atoms with E-state index in [1.165, 1.54) is 6.07 Å². The first-order chi connectivity index (χ1) is 8.35. The lowest BCUT2D eigenvalue weighted by molar-refractivity contribution is -0.119. The van der Waals surface area contributed by atoms with Gasteiger partial charge in [-0.1, -0.05) is 6.92 Å². The Morgan fingerprint density at radius 1 is 1.39 bits per heavy atom. The summed E-state index contributed by atoms with van der Waals surface area (Å²) in [6.07, 6.45) is -3.70. The smallest absolute Gasteiger partial charge is 0.373 e. The number of nitrogens with zero attached hydrogens (tertiary/aromatic N) is 3. The van der Waals surface area contributed by atoms with Crippen LogP contribution in [-0.4, -0.2) is 36.3 Å². The fourth-order valence-electron chi connectivity index (χ4n) is 1.50. The van der Waals surface area contributed by atoms with Crippen LogP contribution < -0.4 is 16.0 Å². The van der Waals surface area contributed by atoms with Gasteiger partial charge in [0.2, 0.25) is 5.95 Å². The third-order valence-corrected chi connectivity index (χ3v) is 2.17. The molecule has 0 amide bonds. The predicted molar refractivity (Wildman–Crippen MR) is 64.6 cm³/mol. The fraction of sp³-hybridized carbons (Fsp3) is 0.600. The van der Waals surface area contributed by atoms with Crippen LogP contribution in [0.2, 0.25) is 0 Å². The summed E-state index contributed by atoms with van der Waals surface area (Å²) in [5, 5.41) is 2.73. The highest BCUT2D eigenvalue weighted by Crippen LogP contribution is 2.23. The van der Waals surface area contributed by atoms with Gasteiger partial charge in [-0.2, -0.15) is 23.1 Å². The van der Waals surface area contributed by atoms with E-state index in [0.29, 0.717) is 12.2 Å². The molecule has 0 saturated carbocycles. The van der Waals surface area contributed by atoms with Crippen molar-refractivity contribution >= 4 is 17.6 Å². The van der Waals surface area contributed by atoms with Crippen LogP contribution in [-0.2, 0) is 0 Å². The molecule has 0 spiro atoms. The van der Waals surface area contributed by atoms with E-state index in [1.807, 2.05) is 0 Å². The Morgan fingerprint density at radius 3 is 2.56 bits per heavy atom. The summed E-state index contributed by atoms with van der Waals surface area (Å²) in [5.41, 5.74) is 5.46. The molecule has 0 bridgehead atoms. The van der Waals surface area contributed by atoms with Crippen molar-refractivity contribution in [3.63, 3.8) is 0 Å². The van der Waals surface area contributed by atoms with Gasteiger partial charge < -0.3 is 16.0 Å². The highest BCUT2D eigenvalue weighted by molar-refractivity contribution is 5.52. The number of alkyl halides is 3. The minimum atomic E-state index is -4.28. The number of nitrogen functional groups attached to an aromatic ring is 1. The van der Waals surface area contributed by atoms with Gasteiger partial charge in [-0.25, -0.2) is 0 Å². The normalized spacial score (nSPS) is 11.4. The van der Waals surface area contributed by atoms with Crippen LogP contribution in [0.4, 0.5) is 30.8 Å². The van der Waals surface area contributed by atoms with Crippen molar-refractivity contribution in [2.24, 2.45) is 0 Å². The predicted octanol–water partition coefficient (Wildman–Crippen LogP) is 1.88. The molecule has 0 aliphatic rings. The van der Waals surface area contributed by atoms with Crippen molar-refractivity contribution in [2.75, 3.05) is 36.1 Å². The van der Waals surface area contributed by atoms with Gasteiger partial charge in [-0.3, -0.25) is 0 Å². The van der Waals surface area contributed by atoms with Gasteiger partial charge in [0.1, 0.15) is 18.2 Å². The van der Waals surface area contributed by atoms with E-state index in [0.717, 1.165) is 4.90 Å². The summed E-state index contributed by atoms with van der Waals surface area (Å²) in [7, 11) is 1.61. The van der Waals surface area contributed by atoms with E-state index >= 15 is 0 Å². The van der Waals surface area contributed by atoms with E-state index in [2.05, 4.69) is 15.3 Å². The Balaban J connectivity index is 3.01. The molecule has 1 heterocycles. The fourth-order valence-corrected chi connectivity index (χ4v) is 1.50. The molecule has 0 aromatic carbocycles. The topological polar surface area (TPSA) is 67.1 Å². The summed E-state index contributed by atoms with van der Waals surface area (Å²) in [6.45, 7) is 0.993. The molecule has 1 rings (SSSR count). The summed E-state index contributed by atoms with van der Waals surface area (Å²) in [6, 6.07) is 1.44. The Bertz CT molecular complexity index is 394.